The Bertz CT molecular complexity index is 465. The number of ether oxygens (including phenoxy) is 2. The van der Waals surface area contributed by atoms with E-state index in [2.05, 4.69) is 6.92 Å². The van der Waals surface area contributed by atoms with E-state index in [0.29, 0.717) is 13.2 Å². The first-order chi connectivity index (χ1) is 15.3. The SMILES string of the molecule is CCCCCCCCCCCCCCCCOC(=O)C(C(C)C)N(C)C(=O)OCC(C)C. The maximum absolute atomic E-state index is 12.5. The second kappa shape index (κ2) is 20.4. The summed E-state index contributed by atoms with van der Waals surface area (Å²) in [6.07, 6.45) is 17.7. The fourth-order valence-electron chi connectivity index (χ4n) is 3.89. The maximum atomic E-state index is 12.5. The molecular formula is C27H53NO4. The lowest BCUT2D eigenvalue weighted by Crippen LogP contribution is -2.47. The molecule has 0 aliphatic carbocycles. The van der Waals surface area contributed by atoms with Crippen LogP contribution in [0.25, 0.3) is 0 Å². The summed E-state index contributed by atoms with van der Waals surface area (Å²) in [6.45, 7) is 10.9. The third kappa shape index (κ3) is 16.4. The van der Waals surface area contributed by atoms with Crippen molar-refractivity contribution < 1.29 is 19.1 Å². The molecule has 0 fully saturated rings. The molecule has 0 aliphatic rings. The molecule has 0 heterocycles. The average Bonchev–Trinajstić information content (AvgIpc) is 2.74. The number of carbonyl (C=O) groups excluding carboxylic acids is 2. The molecule has 0 N–H and O–H groups in total. The Hall–Kier alpha value is -1.26. The van der Waals surface area contributed by atoms with Gasteiger partial charge in [-0.1, -0.05) is 118 Å². The van der Waals surface area contributed by atoms with Gasteiger partial charge in [-0.15, -0.1) is 0 Å². The molecule has 5 nitrogen and oxygen atoms in total. The molecule has 0 radical (unpaired) electrons. The Kier molecular flexibility index (Phi) is 19.6. The van der Waals surface area contributed by atoms with E-state index < -0.39 is 12.1 Å². The Labute approximate surface area is 199 Å². The van der Waals surface area contributed by atoms with E-state index in [0.717, 1.165) is 12.8 Å². The zero-order valence-corrected chi connectivity index (χ0v) is 22.1. The van der Waals surface area contributed by atoms with Crippen LogP contribution >= 0.6 is 0 Å². The monoisotopic (exact) mass is 455 g/mol. The summed E-state index contributed by atoms with van der Waals surface area (Å²) in [7, 11) is 1.61. The highest BCUT2D eigenvalue weighted by molar-refractivity contribution is 5.81. The van der Waals surface area contributed by atoms with E-state index >= 15 is 0 Å². The molecule has 5 heteroatoms. The summed E-state index contributed by atoms with van der Waals surface area (Å²) in [5.74, 6) is -0.105. The normalized spacial score (nSPS) is 12.2. The molecule has 0 aromatic carbocycles. The Morgan fingerprint density at radius 2 is 1.12 bits per heavy atom. The summed E-state index contributed by atoms with van der Waals surface area (Å²) in [4.78, 5) is 26.1. The third-order valence-electron chi connectivity index (χ3n) is 5.86. The van der Waals surface area contributed by atoms with Gasteiger partial charge in [0.1, 0.15) is 6.04 Å². The maximum Gasteiger partial charge on any atom is 0.410 e. The van der Waals surface area contributed by atoms with Crippen LogP contribution in [0, 0.1) is 11.8 Å². The van der Waals surface area contributed by atoms with E-state index in [1.165, 1.54) is 81.9 Å². The molecule has 0 spiro atoms. The van der Waals surface area contributed by atoms with Gasteiger partial charge in [0.2, 0.25) is 0 Å². The first-order valence-corrected chi connectivity index (χ1v) is 13.4. The number of carbonyl (C=O) groups is 2. The fourth-order valence-corrected chi connectivity index (χ4v) is 3.89. The molecule has 0 bridgehead atoms. The molecule has 0 aliphatic heterocycles. The second-order valence-corrected chi connectivity index (χ2v) is 10.0. The van der Waals surface area contributed by atoms with Crippen molar-refractivity contribution in [2.45, 2.75) is 131 Å². The first-order valence-electron chi connectivity index (χ1n) is 13.4. The first kappa shape index (κ1) is 30.7. The van der Waals surface area contributed by atoms with Crippen LogP contribution in [0.4, 0.5) is 4.79 Å². The third-order valence-corrected chi connectivity index (χ3v) is 5.86. The molecule has 32 heavy (non-hydrogen) atoms. The van der Waals surface area contributed by atoms with Crippen LogP contribution in [-0.2, 0) is 14.3 Å². The quantitative estimate of drug-likeness (QED) is 0.139. The molecule has 0 aromatic heterocycles. The lowest BCUT2D eigenvalue weighted by atomic mass is 10.0. The van der Waals surface area contributed by atoms with Gasteiger partial charge in [-0.25, -0.2) is 9.59 Å². The van der Waals surface area contributed by atoms with Crippen LogP contribution in [0.5, 0.6) is 0 Å². The second-order valence-electron chi connectivity index (χ2n) is 10.0. The van der Waals surface area contributed by atoms with Gasteiger partial charge < -0.3 is 9.47 Å². The van der Waals surface area contributed by atoms with Crippen molar-refractivity contribution in [1.82, 2.24) is 4.90 Å². The molecule has 1 amide bonds. The topological polar surface area (TPSA) is 55.8 Å². The zero-order chi connectivity index (χ0) is 24.2. The van der Waals surface area contributed by atoms with Crippen LogP contribution in [0.2, 0.25) is 0 Å². The minimum absolute atomic E-state index is 0.0320. The number of likely N-dealkylation sites (N-methyl/N-ethyl adjacent to an activating group) is 1. The minimum Gasteiger partial charge on any atom is -0.464 e. The van der Waals surface area contributed by atoms with Crippen LogP contribution in [0.1, 0.15) is 125 Å². The van der Waals surface area contributed by atoms with Crippen LogP contribution in [0.15, 0.2) is 0 Å². The van der Waals surface area contributed by atoms with E-state index in [1.807, 2.05) is 27.7 Å². The summed E-state index contributed by atoms with van der Waals surface area (Å²) >= 11 is 0. The number of esters is 1. The van der Waals surface area contributed by atoms with Crippen molar-refractivity contribution >= 4 is 12.1 Å². The number of nitrogens with zero attached hydrogens (tertiary/aromatic N) is 1. The van der Waals surface area contributed by atoms with Crippen LogP contribution in [-0.4, -0.2) is 43.3 Å². The lowest BCUT2D eigenvalue weighted by Gasteiger charge is -2.29. The number of unbranched alkanes of at least 4 members (excludes halogenated alkanes) is 13. The van der Waals surface area contributed by atoms with Crippen LogP contribution in [0.3, 0.4) is 0 Å². The summed E-state index contributed by atoms with van der Waals surface area (Å²) < 4.78 is 10.7. The highest BCUT2D eigenvalue weighted by Crippen LogP contribution is 2.15. The van der Waals surface area contributed by atoms with Gasteiger partial charge in [0.25, 0.3) is 0 Å². The van der Waals surface area contributed by atoms with Crippen molar-refractivity contribution in [3.8, 4) is 0 Å². The van der Waals surface area contributed by atoms with Crippen molar-refractivity contribution in [3.63, 3.8) is 0 Å². The predicted molar refractivity (Wildman–Crippen MR) is 134 cm³/mol. The Morgan fingerprint density at radius 3 is 1.53 bits per heavy atom. The van der Waals surface area contributed by atoms with Crippen molar-refractivity contribution in [2.24, 2.45) is 11.8 Å². The van der Waals surface area contributed by atoms with Gasteiger partial charge >= 0.3 is 12.1 Å². The number of rotatable bonds is 20. The predicted octanol–water partition coefficient (Wildman–Crippen LogP) is 7.76. The van der Waals surface area contributed by atoms with Crippen LogP contribution < -0.4 is 0 Å². The van der Waals surface area contributed by atoms with E-state index in [-0.39, 0.29) is 17.8 Å². The molecule has 1 unspecified atom stereocenters. The van der Waals surface area contributed by atoms with Gasteiger partial charge in [-0.3, -0.25) is 4.90 Å². The molecule has 190 valence electrons. The summed E-state index contributed by atoms with van der Waals surface area (Å²) in [5.41, 5.74) is 0. The Morgan fingerprint density at radius 1 is 0.688 bits per heavy atom. The highest BCUT2D eigenvalue weighted by Gasteiger charge is 2.32. The van der Waals surface area contributed by atoms with Gasteiger partial charge in [-0.05, 0) is 18.3 Å². The Balaban J connectivity index is 3.79. The zero-order valence-electron chi connectivity index (χ0n) is 22.1. The molecule has 0 saturated heterocycles. The molecule has 1 atom stereocenters. The summed E-state index contributed by atoms with van der Waals surface area (Å²) in [5, 5.41) is 0. The van der Waals surface area contributed by atoms with E-state index in [1.54, 1.807) is 7.05 Å². The average molecular weight is 456 g/mol. The largest absolute Gasteiger partial charge is 0.464 e. The molecular weight excluding hydrogens is 402 g/mol. The van der Waals surface area contributed by atoms with Crippen molar-refractivity contribution in [2.75, 3.05) is 20.3 Å². The van der Waals surface area contributed by atoms with Crippen molar-refractivity contribution in [3.05, 3.63) is 0 Å². The van der Waals surface area contributed by atoms with E-state index in [9.17, 15) is 9.59 Å². The van der Waals surface area contributed by atoms with Gasteiger partial charge in [0.05, 0.1) is 13.2 Å². The minimum atomic E-state index is -0.610. The smallest absolute Gasteiger partial charge is 0.410 e. The van der Waals surface area contributed by atoms with Gasteiger partial charge in [0.15, 0.2) is 0 Å². The lowest BCUT2D eigenvalue weighted by molar-refractivity contribution is -0.150. The van der Waals surface area contributed by atoms with Gasteiger partial charge in [0, 0.05) is 7.05 Å². The fraction of sp³-hybridized carbons (Fsp3) is 0.926. The standard InChI is InChI=1S/C27H53NO4/c1-7-8-9-10-11-12-13-14-15-16-17-18-19-20-21-31-26(29)25(24(4)5)28(6)27(30)32-22-23(2)3/h23-25H,7-22H2,1-6H3. The highest BCUT2D eigenvalue weighted by atomic mass is 16.6. The number of amides is 1. The van der Waals surface area contributed by atoms with Crippen molar-refractivity contribution in [1.29, 1.82) is 0 Å². The van der Waals surface area contributed by atoms with Gasteiger partial charge in [-0.2, -0.15) is 0 Å². The van der Waals surface area contributed by atoms with E-state index in [4.69, 9.17) is 9.47 Å². The molecule has 0 aromatic rings. The molecule has 0 rings (SSSR count). The summed E-state index contributed by atoms with van der Waals surface area (Å²) in [6, 6.07) is -0.610. The number of hydrogen-bond acceptors (Lipinski definition) is 4. The molecule has 0 saturated carbocycles. The number of hydrogen-bond donors (Lipinski definition) is 0.